The molecule has 1 rings (SSSR count). The van der Waals surface area contributed by atoms with E-state index in [9.17, 15) is 15.3 Å². The van der Waals surface area contributed by atoms with Crippen molar-refractivity contribution < 1.29 is 35.0 Å². The van der Waals surface area contributed by atoms with Gasteiger partial charge in [-0.2, -0.15) is 0 Å². The average molecular weight is 264 g/mol. The molecule has 0 aromatic heterocycles. The van der Waals surface area contributed by atoms with E-state index in [1.807, 2.05) is 0 Å². The molecule has 106 valence electrons. The molecule has 5 N–H and O–H groups in total. The molecule has 7 heteroatoms. The van der Waals surface area contributed by atoms with Crippen molar-refractivity contribution in [2.75, 3.05) is 19.8 Å². The van der Waals surface area contributed by atoms with Gasteiger partial charge < -0.3 is 35.0 Å². The summed E-state index contributed by atoms with van der Waals surface area (Å²) in [5, 5.41) is 46.3. The molecule has 0 bridgehead atoms. The maximum atomic E-state index is 9.65. The highest BCUT2D eigenvalue weighted by Crippen LogP contribution is 2.22. The molecule has 1 heterocycles. The second kappa shape index (κ2) is 7.15. The van der Waals surface area contributed by atoms with Gasteiger partial charge in [-0.15, -0.1) is 0 Å². The Morgan fingerprint density at radius 2 is 1.83 bits per heavy atom. The van der Waals surface area contributed by atoms with Gasteiger partial charge in [0, 0.05) is 0 Å². The Morgan fingerprint density at radius 1 is 1.17 bits per heavy atom. The topological polar surface area (TPSA) is 120 Å². The minimum absolute atomic E-state index is 0.100. The number of ether oxygens (including phenoxy) is 2. The number of rotatable bonds is 5. The SMILES string of the molecule is C/C(=C\CO)CO[C@@H]1O[C@H](CO)[C@@H](O)[C@H](O)[C@H]1O. The number of hydrogen-bond acceptors (Lipinski definition) is 7. The Kier molecular flexibility index (Phi) is 6.16. The van der Waals surface area contributed by atoms with E-state index in [-0.39, 0.29) is 13.2 Å². The van der Waals surface area contributed by atoms with Gasteiger partial charge in [-0.3, -0.25) is 0 Å². The first-order valence-corrected chi connectivity index (χ1v) is 5.69. The van der Waals surface area contributed by atoms with Gasteiger partial charge in [-0.25, -0.2) is 0 Å². The van der Waals surface area contributed by atoms with E-state index in [1.54, 1.807) is 6.92 Å². The van der Waals surface area contributed by atoms with Crippen LogP contribution in [0, 0.1) is 0 Å². The lowest BCUT2D eigenvalue weighted by Crippen LogP contribution is -2.59. The number of hydrogen-bond donors (Lipinski definition) is 5. The summed E-state index contributed by atoms with van der Waals surface area (Å²) >= 11 is 0. The summed E-state index contributed by atoms with van der Waals surface area (Å²) in [5.74, 6) is 0. The quantitative estimate of drug-likeness (QED) is 0.355. The van der Waals surface area contributed by atoms with Crippen LogP contribution in [0.15, 0.2) is 11.6 Å². The summed E-state index contributed by atoms with van der Waals surface area (Å²) < 4.78 is 10.4. The monoisotopic (exact) mass is 264 g/mol. The third-order valence-corrected chi connectivity index (χ3v) is 2.76. The van der Waals surface area contributed by atoms with E-state index in [4.69, 9.17) is 19.7 Å². The molecule has 7 nitrogen and oxygen atoms in total. The highest BCUT2D eigenvalue weighted by atomic mass is 16.7. The fraction of sp³-hybridized carbons (Fsp3) is 0.818. The number of aliphatic hydroxyl groups excluding tert-OH is 5. The van der Waals surface area contributed by atoms with Crippen molar-refractivity contribution >= 4 is 0 Å². The molecule has 18 heavy (non-hydrogen) atoms. The standard InChI is InChI=1S/C11H20O7/c1-6(2-3-12)5-17-11-10(16)9(15)8(14)7(4-13)18-11/h2,7-16H,3-5H2,1H3/b6-2+/t7-,8-,9+,10-,11-/m1/s1. The zero-order valence-corrected chi connectivity index (χ0v) is 10.1. The number of aliphatic hydroxyl groups is 5. The van der Waals surface area contributed by atoms with Crippen LogP contribution >= 0.6 is 0 Å². The van der Waals surface area contributed by atoms with Crippen LogP contribution in [0.25, 0.3) is 0 Å². The molecule has 0 aromatic carbocycles. The lowest BCUT2D eigenvalue weighted by molar-refractivity contribution is -0.299. The molecule has 0 saturated carbocycles. The maximum Gasteiger partial charge on any atom is 0.187 e. The van der Waals surface area contributed by atoms with Crippen LogP contribution in [0.4, 0.5) is 0 Å². The van der Waals surface area contributed by atoms with Crippen LogP contribution in [0.3, 0.4) is 0 Å². The molecule has 0 aliphatic carbocycles. The normalized spacial score (nSPS) is 37.9. The van der Waals surface area contributed by atoms with E-state index < -0.39 is 37.3 Å². The Morgan fingerprint density at radius 3 is 2.39 bits per heavy atom. The molecule has 0 radical (unpaired) electrons. The fourth-order valence-corrected chi connectivity index (χ4v) is 1.63. The van der Waals surface area contributed by atoms with Crippen molar-refractivity contribution in [1.82, 2.24) is 0 Å². The minimum atomic E-state index is -1.44. The summed E-state index contributed by atoms with van der Waals surface area (Å²) in [6.45, 7) is 1.21. The van der Waals surface area contributed by atoms with E-state index in [1.165, 1.54) is 6.08 Å². The lowest BCUT2D eigenvalue weighted by atomic mass is 9.99. The molecule has 0 unspecified atom stereocenters. The van der Waals surface area contributed by atoms with Crippen molar-refractivity contribution in [3.63, 3.8) is 0 Å². The van der Waals surface area contributed by atoms with Gasteiger partial charge >= 0.3 is 0 Å². The smallest absolute Gasteiger partial charge is 0.187 e. The van der Waals surface area contributed by atoms with Crippen LogP contribution in [0.2, 0.25) is 0 Å². The van der Waals surface area contributed by atoms with Crippen LogP contribution < -0.4 is 0 Å². The Hall–Kier alpha value is -0.540. The van der Waals surface area contributed by atoms with Gasteiger partial charge in [-0.1, -0.05) is 6.08 Å². The second-order valence-corrected chi connectivity index (χ2v) is 4.24. The maximum absolute atomic E-state index is 9.65. The molecular weight excluding hydrogens is 244 g/mol. The lowest BCUT2D eigenvalue weighted by Gasteiger charge is -2.39. The summed E-state index contributed by atoms with van der Waals surface area (Å²) in [6, 6.07) is 0. The predicted molar refractivity (Wildman–Crippen MR) is 60.6 cm³/mol. The van der Waals surface area contributed by atoms with E-state index in [0.29, 0.717) is 0 Å². The molecular formula is C11H20O7. The van der Waals surface area contributed by atoms with Crippen LogP contribution in [0.5, 0.6) is 0 Å². The average Bonchev–Trinajstić information content (AvgIpc) is 2.35. The Labute approximate surface area is 105 Å². The van der Waals surface area contributed by atoms with Crippen molar-refractivity contribution in [1.29, 1.82) is 0 Å². The first kappa shape index (κ1) is 15.5. The van der Waals surface area contributed by atoms with Gasteiger partial charge in [0.1, 0.15) is 24.4 Å². The van der Waals surface area contributed by atoms with Crippen molar-refractivity contribution in [3.8, 4) is 0 Å². The Balaban J connectivity index is 2.56. The third kappa shape index (κ3) is 3.72. The molecule has 0 aromatic rings. The van der Waals surface area contributed by atoms with Crippen molar-refractivity contribution in [2.24, 2.45) is 0 Å². The van der Waals surface area contributed by atoms with Gasteiger partial charge in [0.15, 0.2) is 6.29 Å². The van der Waals surface area contributed by atoms with Gasteiger partial charge in [0.25, 0.3) is 0 Å². The first-order chi connectivity index (χ1) is 8.51. The summed E-state index contributed by atoms with van der Waals surface area (Å²) in [6.07, 6.45) is -4.81. The van der Waals surface area contributed by atoms with Gasteiger partial charge in [0.2, 0.25) is 0 Å². The van der Waals surface area contributed by atoms with Gasteiger partial charge in [-0.05, 0) is 12.5 Å². The zero-order chi connectivity index (χ0) is 13.7. The van der Waals surface area contributed by atoms with Gasteiger partial charge in [0.05, 0.1) is 19.8 Å². The molecule has 0 amide bonds. The minimum Gasteiger partial charge on any atom is -0.394 e. The van der Waals surface area contributed by atoms with E-state index in [2.05, 4.69) is 0 Å². The molecule has 1 aliphatic rings. The molecule has 1 fully saturated rings. The third-order valence-electron chi connectivity index (χ3n) is 2.76. The molecule has 0 spiro atoms. The molecule has 1 aliphatic heterocycles. The molecule has 5 atom stereocenters. The van der Waals surface area contributed by atoms with Crippen LogP contribution in [-0.2, 0) is 9.47 Å². The zero-order valence-electron chi connectivity index (χ0n) is 10.1. The van der Waals surface area contributed by atoms with Crippen LogP contribution in [-0.4, -0.2) is 76.1 Å². The van der Waals surface area contributed by atoms with Crippen molar-refractivity contribution in [3.05, 3.63) is 11.6 Å². The second-order valence-electron chi connectivity index (χ2n) is 4.24. The summed E-state index contributed by atoms with van der Waals surface area (Å²) in [5.41, 5.74) is 0.731. The van der Waals surface area contributed by atoms with E-state index in [0.717, 1.165) is 5.57 Å². The van der Waals surface area contributed by atoms with Crippen molar-refractivity contribution in [2.45, 2.75) is 37.6 Å². The molecule has 1 saturated heterocycles. The summed E-state index contributed by atoms with van der Waals surface area (Å²) in [4.78, 5) is 0. The highest BCUT2D eigenvalue weighted by molar-refractivity contribution is 4.98. The Bertz CT molecular complexity index is 279. The van der Waals surface area contributed by atoms with E-state index >= 15 is 0 Å². The largest absolute Gasteiger partial charge is 0.394 e. The van der Waals surface area contributed by atoms with Crippen LogP contribution in [0.1, 0.15) is 6.92 Å². The fourth-order valence-electron chi connectivity index (χ4n) is 1.63. The first-order valence-electron chi connectivity index (χ1n) is 5.69. The summed E-state index contributed by atoms with van der Waals surface area (Å²) in [7, 11) is 0. The predicted octanol–water partition coefficient (Wildman–Crippen LogP) is -2.26. The highest BCUT2D eigenvalue weighted by Gasteiger charge is 2.43.